The summed E-state index contributed by atoms with van der Waals surface area (Å²) in [5.41, 5.74) is 1.04. The fourth-order valence-corrected chi connectivity index (χ4v) is 2.46. The number of hydrogen-bond acceptors (Lipinski definition) is 4. The molecule has 2 aromatic rings. The van der Waals surface area contributed by atoms with Crippen LogP contribution in [-0.4, -0.2) is 26.0 Å². The fourth-order valence-electron chi connectivity index (χ4n) is 2.46. The van der Waals surface area contributed by atoms with Gasteiger partial charge in [-0.05, 0) is 18.9 Å². The minimum atomic E-state index is -0.396. The average molecular weight is 300 g/mol. The van der Waals surface area contributed by atoms with E-state index in [2.05, 4.69) is 10.4 Å². The third kappa shape index (κ3) is 2.69. The lowest BCUT2D eigenvalue weighted by atomic mass is 10.1. The Kier molecular flexibility index (Phi) is 3.62. The van der Waals surface area contributed by atoms with Crippen LogP contribution in [0.1, 0.15) is 40.2 Å². The highest BCUT2D eigenvalue weighted by Crippen LogP contribution is 2.16. The number of carbonyl (C=O) groups excluding carboxylic acids is 2. The van der Waals surface area contributed by atoms with Crippen LogP contribution in [0.5, 0.6) is 0 Å². The van der Waals surface area contributed by atoms with Crippen molar-refractivity contribution in [3.8, 4) is 0 Å². The van der Waals surface area contributed by atoms with Crippen LogP contribution in [-0.2, 0) is 13.6 Å². The smallest absolute Gasteiger partial charge is 0.276 e. The summed E-state index contributed by atoms with van der Waals surface area (Å²) in [4.78, 5) is 35.5. The second kappa shape index (κ2) is 5.59. The standard InChI is InChI=1S/C15H16N4O3/c1-18-9-10(5-6-14(18)21)16-15(22)11-8-12-13(20)4-2-3-7-19(12)17-11/h5-6,8-9H,2-4,7H2,1H3,(H,16,22). The maximum Gasteiger partial charge on any atom is 0.276 e. The first kappa shape index (κ1) is 14.2. The number of nitrogens with zero attached hydrogens (tertiary/aromatic N) is 3. The van der Waals surface area contributed by atoms with Gasteiger partial charge in [0.2, 0.25) is 5.56 Å². The Morgan fingerprint density at radius 1 is 1.27 bits per heavy atom. The zero-order valence-electron chi connectivity index (χ0n) is 12.2. The molecule has 1 aliphatic heterocycles. The predicted octanol–water partition coefficient (Wildman–Crippen LogP) is 1.20. The van der Waals surface area contributed by atoms with E-state index in [1.807, 2.05) is 0 Å². The monoisotopic (exact) mass is 300 g/mol. The molecule has 0 spiro atoms. The van der Waals surface area contributed by atoms with E-state index in [4.69, 9.17) is 0 Å². The number of nitrogens with one attached hydrogen (secondary N) is 1. The molecule has 114 valence electrons. The molecule has 0 saturated carbocycles. The summed E-state index contributed by atoms with van der Waals surface area (Å²) in [6.07, 6.45) is 3.75. The lowest BCUT2D eigenvalue weighted by Gasteiger charge is -2.04. The molecule has 0 unspecified atom stereocenters. The number of aryl methyl sites for hydroxylation is 2. The molecule has 0 radical (unpaired) electrons. The molecule has 7 heteroatoms. The molecule has 3 heterocycles. The summed E-state index contributed by atoms with van der Waals surface area (Å²) < 4.78 is 2.98. The Hall–Kier alpha value is -2.70. The molecule has 0 bridgehead atoms. The quantitative estimate of drug-likeness (QED) is 0.903. The second-order valence-electron chi connectivity index (χ2n) is 5.34. The van der Waals surface area contributed by atoms with Gasteiger partial charge in [-0.25, -0.2) is 0 Å². The zero-order valence-corrected chi connectivity index (χ0v) is 12.2. The normalized spacial score (nSPS) is 14.3. The van der Waals surface area contributed by atoms with Crippen molar-refractivity contribution in [1.29, 1.82) is 0 Å². The number of Topliss-reactive ketones (excluding diaryl/α,β-unsaturated/α-hetero) is 1. The van der Waals surface area contributed by atoms with Gasteiger partial charge in [-0.3, -0.25) is 19.1 Å². The summed E-state index contributed by atoms with van der Waals surface area (Å²) in [7, 11) is 1.61. The van der Waals surface area contributed by atoms with Crippen molar-refractivity contribution in [3.63, 3.8) is 0 Å². The first-order valence-electron chi connectivity index (χ1n) is 7.14. The summed E-state index contributed by atoms with van der Waals surface area (Å²) in [6.45, 7) is 0.647. The van der Waals surface area contributed by atoms with Crippen LogP contribution in [0.2, 0.25) is 0 Å². The first-order chi connectivity index (χ1) is 10.5. The van der Waals surface area contributed by atoms with Gasteiger partial charge in [0.05, 0.1) is 5.69 Å². The number of pyridine rings is 1. The van der Waals surface area contributed by atoms with Crippen molar-refractivity contribution < 1.29 is 9.59 Å². The molecule has 1 aliphatic rings. The number of hydrogen-bond donors (Lipinski definition) is 1. The van der Waals surface area contributed by atoms with Gasteiger partial charge in [0.15, 0.2) is 11.5 Å². The van der Waals surface area contributed by atoms with Crippen LogP contribution in [0, 0.1) is 0 Å². The van der Waals surface area contributed by atoms with Crippen LogP contribution in [0.25, 0.3) is 0 Å². The number of ketones is 1. The summed E-state index contributed by atoms with van der Waals surface area (Å²) in [6, 6.07) is 4.44. The molecule has 0 fully saturated rings. The zero-order chi connectivity index (χ0) is 15.7. The van der Waals surface area contributed by atoms with Crippen LogP contribution < -0.4 is 10.9 Å². The Balaban J connectivity index is 1.83. The van der Waals surface area contributed by atoms with Gasteiger partial charge >= 0.3 is 0 Å². The number of fused-ring (bicyclic) bond motifs is 1. The van der Waals surface area contributed by atoms with Crippen molar-refractivity contribution >= 4 is 17.4 Å². The largest absolute Gasteiger partial charge is 0.319 e. The molecule has 22 heavy (non-hydrogen) atoms. The Bertz CT molecular complexity index is 803. The Morgan fingerprint density at radius 2 is 2.09 bits per heavy atom. The Labute approximate surface area is 126 Å². The Morgan fingerprint density at radius 3 is 2.86 bits per heavy atom. The van der Waals surface area contributed by atoms with Crippen LogP contribution >= 0.6 is 0 Å². The molecule has 7 nitrogen and oxygen atoms in total. The van der Waals surface area contributed by atoms with Gasteiger partial charge in [0, 0.05) is 38.3 Å². The van der Waals surface area contributed by atoms with Gasteiger partial charge in [0.1, 0.15) is 5.69 Å². The van der Waals surface area contributed by atoms with E-state index in [-0.39, 0.29) is 17.0 Å². The highest BCUT2D eigenvalue weighted by atomic mass is 16.2. The van der Waals surface area contributed by atoms with Crippen LogP contribution in [0.3, 0.4) is 0 Å². The van der Waals surface area contributed by atoms with E-state index >= 15 is 0 Å². The number of anilines is 1. The predicted molar refractivity (Wildman–Crippen MR) is 80.0 cm³/mol. The minimum absolute atomic E-state index is 0.0196. The molecule has 0 aliphatic carbocycles. The van der Waals surface area contributed by atoms with E-state index < -0.39 is 5.91 Å². The lowest BCUT2D eigenvalue weighted by Crippen LogP contribution is -2.18. The summed E-state index contributed by atoms with van der Waals surface area (Å²) in [5, 5.41) is 6.89. The SMILES string of the molecule is Cn1cc(NC(=O)c2cc3n(n2)CCCCC3=O)ccc1=O. The number of carbonyl (C=O) groups is 2. The first-order valence-corrected chi connectivity index (χ1v) is 7.14. The minimum Gasteiger partial charge on any atom is -0.319 e. The van der Waals surface area contributed by atoms with Crippen molar-refractivity contribution in [1.82, 2.24) is 14.3 Å². The second-order valence-corrected chi connectivity index (χ2v) is 5.34. The molecule has 1 N–H and O–H groups in total. The number of aromatic nitrogens is 3. The third-order valence-corrected chi connectivity index (χ3v) is 3.67. The lowest BCUT2D eigenvalue weighted by molar-refractivity contribution is 0.0975. The third-order valence-electron chi connectivity index (χ3n) is 3.67. The topological polar surface area (TPSA) is 86.0 Å². The maximum atomic E-state index is 12.2. The maximum absolute atomic E-state index is 12.2. The van der Waals surface area contributed by atoms with Crippen molar-refractivity contribution in [2.75, 3.05) is 5.32 Å². The summed E-state index contributed by atoms with van der Waals surface area (Å²) in [5.74, 6) is -0.377. The van der Waals surface area contributed by atoms with Crippen LogP contribution in [0.4, 0.5) is 5.69 Å². The number of rotatable bonds is 2. The number of amides is 1. The van der Waals surface area contributed by atoms with Gasteiger partial charge in [0.25, 0.3) is 5.91 Å². The molecule has 3 rings (SSSR count). The molecule has 0 saturated heterocycles. The molecule has 0 aromatic carbocycles. The molecular formula is C15H16N4O3. The molecule has 2 aromatic heterocycles. The van der Waals surface area contributed by atoms with Crippen molar-refractivity contribution in [2.45, 2.75) is 25.8 Å². The van der Waals surface area contributed by atoms with E-state index in [9.17, 15) is 14.4 Å². The van der Waals surface area contributed by atoms with E-state index in [0.29, 0.717) is 24.3 Å². The van der Waals surface area contributed by atoms with Gasteiger partial charge in [-0.15, -0.1) is 0 Å². The highest BCUT2D eigenvalue weighted by molar-refractivity contribution is 6.05. The van der Waals surface area contributed by atoms with Crippen molar-refractivity contribution in [2.24, 2.45) is 7.05 Å². The summed E-state index contributed by atoms with van der Waals surface area (Å²) >= 11 is 0. The molecular weight excluding hydrogens is 284 g/mol. The molecule has 0 atom stereocenters. The van der Waals surface area contributed by atoms with E-state index in [1.165, 1.54) is 29.0 Å². The van der Waals surface area contributed by atoms with Gasteiger partial charge in [-0.1, -0.05) is 0 Å². The van der Waals surface area contributed by atoms with Gasteiger partial charge < -0.3 is 9.88 Å². The van der Waals surface area contributed by atoms with Gasteiger partial charge in [-0.2, -0.15) is 5.10 Å². The highest BCUT2D eigenvalue weighted by Gasteiger charge is 2.21. The average Bonchev–Trinajstić information content (AvgIpc) is 2.84. The molecule has 1 amide bonds. The fraction of sp³-hybridized carbons (Fsp3) is 0.333. The van der Waals surface area contributed by atoms with E-state index in [1.54, 1.807) is 11.7 Å². The van der Waals surface area contributed by atoms with Crippen LogP contribution in [0.15, 0.2) is 29.2 Å². The van der Waals surface area contributed by atoms with E-state index in [0.717, 1.165) is 12.8 Å². The van der Waals surface area contributed by atoms with Crippen molar-refractivity contribution in [3.05, 3.63) is 46.1 Å².